The van der Waals surface area contributed by atoms with Crippen molar-refractivity contribution in [3.8, 4) is 5.88 Å². The Labute approximate surface area is 90.1 Å². The molecule has 2 atom stereocenters. The maximum Gasteiger partial charge on any atom is 0.213 e. The van der Waals surface area contributed by atoms with Crippen LogP contribution in [0, 0.1) is 5.92 Å². The normalized spacial score (nSPS) is 15.1. The Hall–Kier alpha value is -1.13. The molecule has 4 heteroatoms. The summed E-state index contributed by atoms with van der Waals surface area (Å²) < 4.78 is 4.98. The minimum Gasteiger partial charge on any atom is -0.481 e. The van der Waals surface area contributed by atoms with E-state index in [4.69, 9.17) is 10.5 Å². The molecule has 1 rings (SSSR count). The fourth-order valence-electron chi connectivity index (χ4n) is 1.27. The zero-order chi connectivity index (χ0) is 11.4. The molecule has 4 nitrogen and oxygen atoms in total. The van der Waals surface area contributed by atoms with Gasteiger partial charge in [-0.25, -0.2) is 4.98 Å². The molecule has 1 aromatic heterocycles. The molecule has 0 aromatic carbocycles. The van der Waals surface area contributed by atoms with Gasteiger partial charge < -0.3 is 15.6 Å². The minimum absolute atomic E-state index is 0.202. The van der Waals surface area contributed by atoms with Crippen molar-refractivity contribution in [2.45, 2.75) is 26.0 Å². The molecule has 0 aliphatic carbocycles. The first-order valence-electron chi connectivity index (χ1n) is 5.01. The highest BCUT2D eigenvalue weighted by molar-refractivity contribution is 5.18. The summed E-state index contributed by atoms with van der Waals surface area (Å²) in [6, 6.07) is 4.95. The van der Waals surface area contributed by atoms with Crippen LogP contribution in [0.25, 0.3) is 0 Å². The smallest absolute Gasteiger partial charge is 0.213 e. The molecule has 0 fully saturated rings. The number of aromatic nitrogens is 1. The molecule has 15 heavy (non-hydrogen) atoms. The minimum atomic E-state index is -0.750. The van der Waals surface area contributed by atoms with Crippen LogP contribution in [0.2, 0.25) is 0 Å². The average molecular weight is 210 g/mol. The number of nitrogens with two attached hydrogens (primary N) is 1. The maximum atomic E-state index is 9.94. The zero-order valence-corrected chi connectivity index (χ0v) is 9.34. The summed E-state index contributed by atoms with van der Waals surface area (Å²) in [7, 11) is 1.54. The first kappa shape index (κ1) is 11.9. The standard InChI is InChI=1S/C11H18N2O2/c1-7(2)10(12)11(14)8-5-4-6-9(13-8)15-3/h4-7,10-11,14H,12H2,1-3H3. The van der Waals surface area contributed by atoms with E-state index in [1.165, 1.54) is 0 Å². The maximum absolute atomic E-state index is 9.94. The number of aliphatic hydroxyl groups is 1. The van der Waals surface area contributed by atoms with Crippen LogP contribution in [0.1, 0.15) is 25.6 Å². The monoisotopic (exact) mass is 210 g/mol. The Morgan fingerprint density at radius 3 is 2.60 bits per heavy atom. The third-order valence-corrected chi connectivity index (χ3v) is 2.39. The van der Waals surface area contributed by atoms with Crippen molar-refractivity contribution in [3.63, 3.8) is 0 Å². The first-order chi connectivity index (χ1) is 7.06. The second-order valence-electron chi connectivity index (χ2n) is 3.87. The lowest BCUT2D eigenvalue weighted by Gasteiger charge is -2.21. The van der Waals surface area contributed by atoms with Gasteiger partial charge in [-0.2, -0.15) is 0 Å². The number of hydrogen-bond acceptors (Lipinski definition) is 4. The summed E-state index contributed by atoms with van der Waals surface area (Å²) in [5, 5.41) is 9.94. The molecule has 0 bridgehead atoms. The fraction of sp³-hybridized carbons (Fsp3) is 0.545. The summed E-state index contributed by atoms with van der Waals surface area (Å²) in [4.78, 5) is 4.14. The van der Waals surface area contributed by atoms with E-state index in [0.29, 0.717) is 11.6 Å². The van der Waals surface area contributed by atoms with Gasteiger partial charge in [-0.15, -0.1) is 0 Å². The second kappa shape index (κ2) is 5.09. The molecule has 2 unspecified atom stereocenters. The molecule has 0 aliphatic rings. The van der Waals surface area contributed by atoms with Gasteiger partial charge in [-0.1, -0.05) is 19.9 Å². The Kier molecular flexibility index (Phi) is 4.05. The van der Waals surface area contributed by atoms with Crippen molar-refractivity contribution in [1.82, 2.24) is 4.98 Å². The van der Waals surface area contributed by atoms with Gasteiger partial charge in [0, 0.05) is 12.1 Å². The molecule has 1 heterocycles. The van der Waals surface area contributed by atoms with Crippen LogP contribution in [-0.4, -0.2) is 23.2 Å². The van der Waals surface area contributed by atoms with Gasteiger partial charge in [-0.05, 0) is 12.0 Å². The molecule has 0 spiro atoms. The third kappa shape index (κ3) is 2.91. The number of aliphatic hydroxyl groups excluding tert-OH is 1. The molecular weight excluding hydrogens is 192 g/mol. The van der Waals surface area contributed by atoms with Gasteiger partial charge in [0.15, 0.2) is 0 Å². The van der Waals surface area contributed by atoms with Gasteiger partial charge in [0.05, 0.1) is 12.8 Å². The first-order valence-corrected chi connectivity index (χ1v) is 5.01. The molecule has 3 N–H and O–H groups in total. The van der Waals surface area contributed by atoms with E-state index >= 15 is 0 Å². The predicted octanol–water partition coefficient (Wildman–Crippen LogP) is 1.11. The molecule has 0 saturated carbocycles. The summed E-state index contributed by atoms with van der Waals surface area (Å²) in [5.74, 6) is 0.690. The number of nitrogens with zero attached hydrogens (tertiary/aromatic N) is 1. The molecule has 0 aliphatic heterocycles. The van der Waals surface area contributed by atoms with Gasteiger partial charge in [0.1, 0.15) is 6.10 Å². The fourth-order valence-corrected chi connectivity index (χ4v) is 1.27. The van der Waals surface area contributed by atoms with Crippen molar-refractivity contribution in [1.29, 1.82) is 0 Å². The average Bonchev–Trinajstić information content (AvgIpc) is 2.27. The molecular formula is C11H18N2O2. The molecule has 84 valence electrons. The molecule has 1 aromatic rings. The number of methoxy groups -OCH3 is 1. The second-order valence-corrected chi connectivity index (χ2v) is 3.87. The van der Waals surface area contributed by atoms with Crippen molar-refractivity contribution in [2.24, 2.45) is 11.7 Å². The van der Waals surface area contributed by atoms with Gasteiger partial charge in [0.2, 0.25) is 5.88 Å². The highest BCUT2D eigenvalue weighted by Gasteiger charge is 2.21. The number of ether oxygens (including phenoxy) is 1. The van der Waals surface area contributed by atoms with Crippen LogP contribution in [0.4, 0.5) is 0 Å². The van der Waals surface area contributed by atoms with Crippen molar-refractivity contribution in [2.75, 3.05) is 7.11 Å². The lowest BCUT2D eigenvalue weighted by Crippen LogP contribution is -2.33. The van der Waals surface area contributed by atoms with Crippen molar-refractivity contribution < 1.29 is 9.84 Å². The Morgan fingerprint density at radius 1 is 1.40 bits per heavy atom. The third-order valence-electron chi connectivity index (χ3n) is 2.39. The van der Waals surface area contributed by atoms with Crippen LogP contribution in [0.3, 0.4) is 0 Å². The van der Waals surface area contributed by atoms with Crippen molar-refractivity contribution >= 4 is 0 Å². The van der Waals surface area contributed by atoms with E-state index in [-0.39, 0.29) is 12.0 Å². The van der Waals surface area contributed by atoms with E-state index in [0.717, 1.165) is 0 Å². The van der Waals surface area contributed by atoms with Crippen LogP contribution in [-0.2, 0) is 0 Å². The Bertz CT molecular complexity index is 315. The molecule has 0 saturated heterocycles. The lowest BCUT2D eigenvalue weighted by atomic mass is 9.97. The quantitative estimate of drug-likeness (QED) is 0.781. The summed E-state index contributed by atoms with van der Waals surface area (Å²) in [5.41, 5.74) is 6.40. The van der Waals surface area contributed by atoms with E-state index in [2.05, 4.69) is 4.98 Å². The van der Waals surface area contributed by atoms with Crippen molar-refractivity contribution in [3.05, 3.63) is 23.9 Å². The SMILES string of the molecule is COc1cccc(C(O)C(N)C(C)C)n1. The topological polar surface area (TPSA) is 68.4 Å². The highest BCUT2D eigenvalue weighted by Crippen LogP contribution is 2.20. The van der Waals surface area contributed by atoms with E-state index in [9.17, 15) is 5.11 Å². The van der Waals surface area contributed by atoms with E-state index in [1.807, 2.05) is 13.8 Å². The number of hydrogen-bond donors (Lipinski definition) is 2. The van der Waals surface area contributed by atoms with E-state index in [1.54, 1.807) is 25.3 Å². The predicted molar refractivity (Wildman–Crippen MR) is 58.6 cm³/mol. The van der Waals surface area contributed by atoms with Crippen LogP contribution >= 0.6 is 0 Å². The lowest BCUT2D eigenvalue weighted by molar-refractivity contribution is 0.121. The Morgan fingerprint density at radius 2 is 2.07 bits per heavy atom. The molecule has 0 amide bonds. The Balaban J connectivity index is 2.85. The molecule has 0 radical (unpaired) electrons. The summed E-state index contributed by atoms with van der Waals surface area (Å²) in [6.45, 7) is 3.93. The van der Waals surface area contributed by atoms with Gasteiger partial charge in [-0.3, -0.25) is 0 Å². The highest BCUT2D eigenvalue weighted by atomic mass is 16.5. The van der Waals surface area contributed by atoms with Gasteiger partial charge >= 0.3 is 0 Å². The zero-order valence-electron chi connectivity index (χ0n) is 9.34. The van der Waals surface area contributed by atoms with Gasteiger partial charge in [0.25, 0.3) is 0 Å². The van der Waals surface area contributed by atoms with Crippen LogP contribution in [0.15, 0.2) is 18.2 Å². The largest absolute Gasteiger partial charge is 0.481 e. The number of rotatable bonds is 4. The number of pyridine rings is 1. The van der Waals surface area contributed by atoms with E-state index < -0.39 is 6.10 Å². The summed E-state index contributed by atoms with van der Waals surface area (Å²) in [6.07, 6.45) is -0.750. The van der Waals surface area contributed by atoms with Crippen LogP contribution in [0.5, 0.6) is 5.88 Å². The summed E-state index contributed by atoms with van der Waals surface area (Å²) >= 11 is 0. The van der Waals surface area contributed by atoms with Crippen LogP contribution < -0.4 is 10.5 Å².